The molecule has 0 atom stereocenters. The summed E-state index contributed by atoms with van der Waals surface area (Å²) in [6, 6.07) is 6.72. The topological polar surface area (TPSA) is 72.2 Å². The molecule has 1 aromatic heterocycles. The molecule has 1 heterocycles. The number of amides is 1. The van der Waals surface area contributed by atoms with Gasteiger partial charge in [0.05, 0.1) is 9.95 Å². The van der Waals surface area contributed by atoms with Crippen molar-refractivity contribution in [2.45, 2.75) is 0 Å². The Balaban J connectivity index is 2.01. The lowest BCUT2D eigenvalue weighted by Gasteiger charge is -2.02. The van der Waals surface area contributed by atoms with Crippen LogP contribution in [0.2, 0.25) is 5.02 Å². The van der Waals surface area contributed by atoms with E-state index >= 15 is 0 Å². The van der Waals surface area contributed by atoms with Crippen molar-refractivity contribution < 1.29 is 14.1 Å². The average molecular weight is 327 g/mol. The molecule has 108 valence electrons. The van der Waals surface area contributed by atoms with Crippen molar-refractivity contribution in [2.24, 2.45) is 0 Å². The first kappa shape index (κ1) is 15.1. The molecule has 0 radical (unpaired) electrons. The maximum atomic E-state index is 13.0. The van der Waals surface area contributed by atoms with Crippen molar-refractivity contribution in [2.75, 3.05) is 5.32 Å². The molecule has 1 amide bonds. The van der Waals surface area contributed by atoms with Crippen LogP contribution in [-0.4, -0.2) is 10.8 Å². The first-order chi connectivity index (χ1) is 9.95. The fourth-order valence-corrected chi connectivity index (χ4v) is 2.35. The van der Waals surface area contributed by atoms with E-state index in [2.05, 4.69) is 5.32 Å². The Morgan fingerprint density at radius 3 is 2.76 bits per heavy atom. The summed E-state index contributed by atoms with van der Waals surface area (Å²) in [5.74, 6) is -1.02. The van der Waals surface area contributed by atoms with E-state index in [0.29, 0.717) is 10.6 Å². The minimum atomic E-state index is -0.573. The Hall–Kier alpha value is -2.25. The molecule has 21 heavy (non-hydrogen) atoms. The summed E-state index contributed by atoms with van der Waals surface area (Å²) in [4.78, 5) is 22.3. The maximum Gasteiger partial charge on any atom is 0.324 e. The number of nitrogens with zero attached hydrogens (tertiary/aromatic N) is 1. The van der Waals surface area contributed by atoms with E-state index in [0.717, 1.165) is 17.4 Å². The van der Waals surface area contributed by atoms with E-state index in [1.807, 2.05) is 0 Å². The number of hydrogen-bond donors (Lipinski definition) is 1. The van der Waals surface area contributed by atoms with Crippen molar-refractivity contribution in [3.63, 3.8) is 0 Å². The fourth-order valence-electron chi connectivity index (χ4n) is 1.45. The van der Waals surface area contributed by atoms with E-state index < -0.39 is 16.6 Å². The summed E-state index contributed by atoms with van der Waals surface area (Å²) in [6.07, 6.45) is 2.69. The number of thiophene rings is 1. The highest BCUT2D eigenvalue weighted by atomic mass is 35.5. The summed E-state index contributed by atoms with van der Waals surface area (Å²) >= 11 is 6.55. The number of anilines is 1. The third-order valence-corrected chi connectivity index (χ3v) is 3.67. The zero-order chi connectivity index (χ0) is 15.4. The standard InChI is InChI=1S/C13H8ClFN2O3S/c14-10-7-8(1-4-11(10)15)16-12(18)5-2-9-3-6-13(21-9)17(19)20/h1-7H,(H,16,18)/b5-2+. The van der Waals surface area contributed by atoms with Gasteiger partial charge in [-0.25, -0.2) is 4.39 Å². The van der Waals surface area contributed by atoms with Crippen LogP contribution in [0.1, 0.15) is 4.88 Å². The second-order valence-corrected chi connectivity index (χ2v) is 5.39. The second kappa shape index (κ2) is 6.47. The van der Waals surface area contributed by atoms with Crippen LogP contribution in [0.5, 0.6) is 0 Å². The second-order valence-electron chi connectivity index (χ2n) is 3.88. The third-order valence-electron chi connectivity index (χ3n) is 2.38. The van der Waals surface area contributed by atoms with Gasteiger partial charge < -0.3 is 5.32 Å². The SMILES string of the molecule is O=C(/C=C/c1ccc([N+](=O)[O-])s1)Nc1ccc(F)c(Cl)c1. The van der Waals surface area contributed by atoms with E-state index in [9.17, 15) is 19.3 Å². The number of nitrogens with one attached hydrogen (secondary N) is 1. The number of benzene rings is 1. The Labute approximate surface area is 127 Å². The maximum absolute atomic E-state index is 13.0. The van der Waals surface area contributed by atoms with Gasteiger partial charge in [-0.05, 0) is 30.3 Å². The first-order valence-electron chi connectivity index (χ1n) is 5.64. The van der Waals surface area contributed by atoms with E-state index in [1.54, 1.807) is 6.07 Å². The van der Waals surface area contributed by atoms with E-state index in [1.165, 1.54) is 30.4 Å². The number of carbonyl (C=O) groups is 1. The van der Waals surface area contributed by atoms with Crippen LogP contribution in [0.4, 0.5) is 15.1 Å². The summed E-state index contributed by atoms with van der Waals surface area (Å²) in [5, 5.41) is 12.9. The monoisotopic (exact) mass is 326 g/mol. The van der Waals surface area contributed by atoms with Crippen molar-refractivity contribution in [1.29, 1.82) is 0 Å². The zero-order valence-electron chi connectivity index (χ0n) is 10.4. The van der Waals surface area contributed by atoms with Gasteiger partial charge in [0.15, 0.2) is 0 Å². The molecule has 0 aliphatic carbocycles. The molecule has 0 aliphatic heterocycles. The number of hydrogen-bond acceptors (Lipinski definition) is 4. The van der Waals surface area contributed by atoms with Gasteiger partial charge in [-0.15, -0.1) is 0 Å². The van der Waals surface area contributed by atoms with Gasteiger partial charge in [-0.1, -0.05) is 22.9 Å². The molecule has 2 aromatic rings. The van der Waals surface area contributed by atoms with E-state index in [4.69, 9.17) is 11.6 Å². The molecule has 0 unspecified atom stereocenters. The Morgan fingerprint density at radius 1 is 1.38 bits per heavy atom. The molecular formula is C13H8ClFN2O3S. The predicted molar refractivity (Wildman–Crippen MR) is 80.0 cm³/mol. The van der Waals surface area contributed by atoms with Crippen LogP contribution in [-0.2, 0) is 4.79 Å². The Morgan fingerprint density at radius 2 is 2.14 bits per heavy atom. The Kier molecular flexibility index (Phi) is 4.66. The van der Waals surface area contributed by atoms with Crippen molar-refractivity contribution >= 4 is 45.6 Å². The molecule has 0 spiro atoms. The number of rotatable bonds is 4. The van der Waals surface area contributed by atoms with Crippen LogP contribution in [0.3, 0.4) is 0 Å². The van der Waals surface area contributed by atoms with Crippen LogP contribution in [0.25, 0.3) is 6.08 Å². The quantitative estimate of drug-likeness (QED) is 0.522. The molecule has 2 rings (SSSR count). The largest absolute Gasteiger partial charge is 0.324 e. The molecule has 0 bridgehead atoms. The van der Waals surface area contributed by atoms with Gasteiger partial charge in [-0.3, -0.25) is 14.9 Å². The first-order valence-corrected chi connectivity index (χ1v) is 6.83. The Bertz CT molecular complexity index is 730. The van der Waals surface area contributed by atoms with Crippen molar-refractivity contribution in [1.82, 2.24) is 0 Å². The molecule has 1 aromatic carbocycles. The minimum Gasteiger partial charge on any atom is -0.322 e. The number of halogens is 2. The van der Waals surface area contributed by atoms with Crippen LogP contribution < -0.4 is 5.32 Å². The van der Waals surface area contributed by atoms with Crippen molar-refractivity contribution in [3.05, 3.63) is 62.2 Å². The van der Waals surface area contributed by atoms with Crippen LogP contribution in [0.15, 0.2) is 36.4 Å². The summed E-state index contributed by atoms with van der Waals surface area (Å²) in [7, 11) is 0. The van der Waals surface area contributed by atoms with Gasteiger partial charge in [0.25, 0.3) is 0 Å². The van der Waals surface area contributed by atoms with E-state index in [-0.39, 0.29) is 10.0 Å². The highest BCUT2D eigenvalue weighted by molar-refractivity contribution is 7.16. The fraction of sp³-hybridized carbons (Fsp3) is 0. The van der Waals surface area contributed by atoms with Crippen LogP contribution in [0, 0.1) is 15.9 Å². The highest BCUT2D eigenvalue weighted by Gasteiger charge is 2.08. The summed E-state index contributed by atoms with van der Waals surface area (Å²) < 4.78 is 13.0. The summed E-state index contributed by atoms with van der Waals surface area (Å²) in [6.45, 7) is 0. The molecular weight excluding hydrogens is 319 g/mol. The van der Waals surface area contributed by atoms with Gasteiger partial charge >= 0.3 is 5.00 Å². The molecule has 1 N–H and O–H groups in total. The predicted octanol–water partition coefficient (Wildman–Crippen LogP) is 4.10. The smallest absolute Gasteiger partial charge is 0.322 e. The lowest BCUT2D eigenvalue weighted by Crippen LogP contribution is -2.07. The molecule has 5 nitrogen and oxygen atoms in total. The molecule has 0 saturated carbocycles. The number of carbonyl (C=O) groups excluding carboxylic acids is 1. The van der Waals surface area contributed by atoms with Crippen molar-refractivity contribution in [3.8, 4) is 0 Å². The van der Waals surface area contributed by atoms with Gasteiger partial charge in [0.1, 0.15) is 5.82 Å². The lowest BCUT2D eigenvalue weighted by molar-refractivity contribution is -0.380. The average Bonchev–Trinajstić information content (AvgIpc) is 2.90. The van der Waals surface area contributed by atoms with Crippen LogP contribution >= 0.6 is 22.9 Å². The third kappa shape index (κ3) is 4.11. The summed E-state index contributed by atoms with van der Waals surface area (Å²) in [5.41, 5.74) is 0.355. The van der Waals surface area contributed by atoms with Gasteiger partial charge in [-0.2, -0.15) is 0 Å². The highest BCUT2D eigenvalue weighted by Crippen LogP contribution is 2.25. The molecule has 8 heteroatoms. The number of nitro groups is 1. The lowest BCUT2D eigenvalue weighted by atomic mass is 10.3. The molecule has 0 saturated heterocycles. The normalized spacial score (nSPS) is 10.8. The zero-order valence-corrected chi connectivity index (χ0v) is 12.0. The van der Waals surface area contributed by atoms with Gasteiger partial charge in [0, 0.05) is 22.7 Å². The molecule has 0 aliphatic rings. The van der Waals surface area contributed by atoms with Gasteiger partial charge in [0.2, 0.25) is 5.91 Å². The minimum absolute atomic E-state index is 0.000347. The molecule has 0 fully saturated rings.